The highest BCUT2D eigenvalue weighted by Gasteiger charge is 2.71. The van der Waals surface area contributed by atoms with Gasteiger partial charge in [0.05, 0.1) is 5.41 Å². The fraction of sp³-hybridized carbons (Fsp3) is 0.806. The van der Waals surface area contributed by atoms with E-state index in [4.69, 9.17) is 6.42 Å². The van der Waals surface area contributed by atoms with Crippen LogP contribution < -0.4 is 0 Å². The molecule has 5 aliphatic rings. The quantitative estimate of drug-likeness (QED) is 0.258. The predicted octanol–water partition coefficient (Wildman–Crippen LogP) is 7.03. The molecule has 5 aliphatic carbocycles. The molecule has 0 aliphatic heterocycles. The number of hydrogen-bond acceptors (Lipinski definition) is 2. The second-order valence-corrected chi connectivity index (χ2v) is 13.8. The van der Waals surface area contributed by atoms with E-state index in [2.05, 4.69) is 47.1 Å². The maximum atomic E-state index is 13.0. The largest absolute Gasteiger partial charge is 0.303 e. The number of terminal acetylenes is 1. The SMILES string of the molecule is C#C[C@]1(C)C(=O)CC[C@@]2(C)C1CC[C@]1(C)C2CCC2C3[C@H](C(=C)C)CCC3(C=O)CC[C@]21C. The van der Waals surface area contributed by atoms with E-state index < -0.39 is 5.41 Å². The Morgan fingerprint density at radius 1 is 0.970 bits per heavy atom. The second-order valence-electron chi connectivity index (χ2n) is 13.8. The molecule has 5 rings (SSSR count). The Hall–Kier alpha value is -1.36. The molecule has 0 aromatic carbocycles. The van der Waals surface area contributed by atoms with Gasteiger partial charge in [-0.1, -0.05) is 38.8 Å². The predicted molar refractivity (Wildman–Crippen MR) is 133 cm³/mol. The third kappa shape index (κ3) is 2.64. The minimum atomic E-state index is -0.609. The van der Waals surface area contributed by atoms with Crippen molar-refractivity contribution < 1.29 is 9.59 Å². The first-order valence-corrected chi connectivity index (χ1v) is 13.6. The van der Waals surface area contributed by atoms with Crippen LogP contribution in [0.2, 0.25) is 0 Å². The zero-order chi connectivity index (χ0) is 24.0. The Bertz CT molecular complexity index is 941. The maximum absolute atomic E-state index is 13.0. The fourth-order valence-corrected chi connectivity index (χ4v) is 11.1. The smallest absolute Gasteiger partial charge is 0.150 e. The minimum Gasteiger partial charge on any atom is -0.303 e. The lowest BCUT2D eigenvalue weighted by molar-refractivity contribution is -0.228. The summed E-state index contributed by atoms with van der Waals surface area (Å²) in [6.45, 7) is 16.3. The van der Waals surface area contributed by atoms with Gasteiger partial charge in [0.2, 0.25) is 0 Å². The monoisotopic (exact) mass is 448 g/mol. The van der Waals surface area contributed by atoms with E-state index in [1.165, 1.54) is 24.7 Å². The van der Waals surface area contributed by atoms with E-state index >= 15 is 0 Å². The van der Waals surface area contributed by atoms with Crippen LogP contribution in [0.5, 0.6) is 0 Å². The Kier molecular flexibility index (Phi) is 5.02. The van der Waals surface area contributed by atoms with Crippen molar-refractivity contribution in [1.29, 1.82) is 0 Å². The van der Waals surface area contributed by atoms with Gasteiger partial charge in [0.1, 0.15) is 6.29 Å². The van der Waals surface area contributed by atoms with Gasteiger partial charge in [0.15, 0.2) is 5.78 Å². The lowest BCUT2D eigenvalue weighted by Gasteiger charge is -2.72. The Morgan fingerprint density at radius 3 is 2.33 bits per heavy atom. The van der Waals surface area contributed by atoms with Crippen molar-refractivity contribution in [3.05, 3.63) is 12.2 Å². The second kappa shape index (κ2) is 7.08. The minimum absolute atomic E-state index is 0.124. The van der Waals surface area contributed by atoms with Crippen LogP contribution >= 0.6 is 0 Å². The molecule has 0 aromatic heterocycles. The standard InChI is InChI=1S/C31H44O2/c1-8-27(4)23-12-15-30(7)24(28(23,5)14-13-25(27)33)10-9-22-26-21(20(2)3)11-16-31(26,19-32)18-17-29(22,30)6/h1,19,21-24,26H,2,9-18H2,3-7H3/t21-,22?,23?,24?,26?,27-,28-,29+,30+,31?/m0/s1. The van der Waals surface area contributed by atoms with Crippen LogP contribution in [0.4, 0.5) is 0 Å². The van der Waals surface area contributed by atoms with E-state index in [0.29, 0.717) is 41.8 Å². The summed E-state index contributed by atoms with van der Waals surface area (Å²) in [5.74, 6) is 5.71. The number of aldehydes is 1. The number of carbonyl (C=O) groups is 2. The summed E-state index contributed by atoms with van der Waals surface area (Å²) in [6.07, 6.45) is 18.1. The molecule has 0 bridgehead atoms. The van der Waals surface area contributed by atoms with Gasteiger partial charge in [-0.2, -0.15) is 0 Å². The number of rotatable bonds is 2. The number of allylic oxidation sites excluding steroid dienone is 1. The van der Waals surface area contributed by atoms with E-state index in [1.54, 1.807) is 0 Å². The molecule has 2 nitrogen and oxygen atoms in total. The average Bonchev–Trinajstić information content (AvgIpc) is 3.17. The number of carbonyl (C=O) groups excluding carboxylic acids is 2. The summed E-state index contributed by atoms with van der Waals surface area (Å²) in [6, 6.07) is 0. The molecule has 5 unspecified atom stereocenters. The van der Waals surface area contributed by atoms with Crippen molar-refractivity contribution in [2.75, 3.05) is 0 Å². The van der Waals surface area contributed by atoms with Crippen molar-refractivity contribution in [2.45, 2.75) is 98.8 Å². The Balaban J connectivity index is 1.57. The van der Waals surface area contributed by atoms with Crippen LogP contribution in [0.15, 0.2) is 12.2 Å². The highest BCUT2D eigenvalue weighted by atomic mass is 16.1. The number of Topliss-reactive ketones (excluding diaryl/α,β-unsaturated/α-hetero) is 1. The highest BCUT2D eigenvalue weighted by Crippen LogP contribution is 2.77. The van der Waals surface area contributed by atoms with Crippen molar-refractivity contribution in [1.82, 2.24) is 0 Å². The van der Waals surface area contributed by atoms with Crippen molar-refractivity contribution in [3.63, 3.8) is 0 Å². The van der Waals surface area contributed by atoms with Crippen molar-refractivity contribution in [3.8, 4) is 12.3 Å². The first-order chi connectivity index (χ1) is 15.4. The molecule has 0 radical (unpaired) electrons. The molecule has 5 fully saturated rings. The van der Waals surface area contributed by atoms with E-state index in [-0.39, 0.29) is 21.7 Å². The van der Waals surface area contributed by atoms with Crippen LogP contribution in [0.25, 0.3) is 0 Å². The molecule has 180 valence electrons. The van der Waals surface area contributed by atoms with Crippen molar-refractivity contribution in [2.24, 2.45) is 56.7 Å². The summed E-state index contributed by atoms with van der Waals surface area (Å²) >= 11 is 0. The van der Waals surface area contributed by atoms with Crippen LogP contribution in [0.3, 0.4) is 0 Å². The molecule has 0 spiro atoms. The molecule has 0 N–H and O–H groups in total. The summed E-state index contributed by atoms with van der Waals surface area (Å²) in [4.78, 5) is 25.6. The van der Waals surface area contributed by atoms with Gasteiger partial charge in [-0.25, -0.2) is 0 Å². The first-order valence-electron chi connectivity index (χ1n) is 13.6. The van der Waals surface area contributed by atoms with Crippen LogP contribution in [0, 0.1) is 69.0 Å². The lowest BCUT2D eigenvalue weighted by Crippen LogP contribution is -2.66. The summed E-state index contributed by atoms with van der Waals surface area (Å²) in [5.41, 5.74) is 1.13. The molecule has 5 saturated carbocycles. The van der Waals surface area contributed by atoms with Gasteiger partial charge in [0, 0.05) is 11.8 Å². The molecule has 0 amide bonds. The van der Waals surface area contributed by atoms with Crippen molar-refractivity contribution >= 4 is 12.1 Å². The van der Waals surface area contributed by atoms with E-state index in [0.717, 1.165) is 44.9 Å². The Morgan fingerprint density at radius 2 is 1.70 bits per heavy atom. The molecular formula is C31H44O2. The van der Waals surface area contributed by atoms with Gasteiger partial charge < -0.3 is 4.79 Å². The third-order valence-electron chi connectivity index (χ3n) is 13.1. The maximum Gasteiger partial charge on any atom is 0.150 e. The number of ketones is 1. The van der Waals surface area contributed by atoms with Gasteiger partial charge in [-0.3, -0.25) is 4.79 Å². The Labute approximate surface area is 201 Å². The highest BCUT2D eigenvalue weighted by molar-refractivity contribution is 5.89. The molecule has 0 heterocycles. The first kappa shape index (κ1) is 23.4. The fourth-order valence-electron chi connectivity index (χ4n) is 11.1. The topological polar surface area (TPSA) is 34.1 Å². The van der Waals surface area contributed by atoms with Crippen LogP contribution in [-0.2, 0) is 9.59 Å². The van der Waals surface area contributed by atoms with Gasteiger partial charge in [0.25, 0.3) is 0 Å². The summed E-state index contributed by atoms with van der Waals surface area (Å²) in [5, 5.41) is 0. The molecular weight excluding hydrogens is 404 g/mol. The molecule has 33 heavy (non-hydrogen) atoms. The molecule has 0 saturated heterocycles. The zero-order valence-electron chi connectivity index (χ0n) is 21.6. The van der Waals surface area contributed by atoms with Gasteiger partial charge in [-0.05, 0) is 117 Å². The third-order valence-corrected chi connectivity index (χ3v) is 13.1. The number of hydrogen-bond donors (Lipinski definition) is 0. The van der Waals surface area contributed by atoms with Crippen LogP contribution in [-0.4, -0.2) is 12.1 Å². The number of fused-ring (bicyclic) bond motifs is 7. The van der Waals surface area contributed by atoms with E-state index in [9.17, 15) is 9.59 Å². The molecule has 0 aromatic rings. The van der Waals surface area contributed by atoms with Gasteiger partial charge in [-0.15, -0.1) is 6.42 Å². The molecule has 2 heteroatoms. The van der Waals surface area contributed by atoms with E-state index in [1.807, 2.05) is 0 Å². The van der Waals surface area contributed by atoms with Crippen LogP contribution in [0.1, 0.15) is 98.8 Å². The summed E-state index contributed by atoms with van der Waals surface area (Å²) < 4.78 is 0. The average molecular weight is 449 g/mol. The normalized spacial score (nSPS) is 55.4. The molecule has 10 atom stereocenters. The zero-order valence-corrected chi connectivity index (χ0v) is 21.6. The lowest BCUT2D eigenvalue weighted by atomic mass is 9.32. The summed E-state index contributed by atoms with van der Waals surface area (Å²) in [7, 11) is 0. The van der Waals surface area contributed by atoms with Gasteiger partial charge >= 0.3 is 0 Å².